The molecule has 25 heavy (non-hydrogen) atoms. The Hall–Kier alpha value is -3.02. The van der Waals surface area contributed by atoms with E-state index in [2.05, 4.69) is 15.3 Å². The van der Waals surface area contributed by atoms with Gasteiger partial charge >= 0.3 is 0 Å². The molecule has 0 atom stereocenters. The average Bonchev–Trinajstić information content (AvgIpc) is 2.68. The fourth-order valence-corrected chi connectivity index (χ4v) is 2.76. The van der Waals surface area contributed by atoms with Crippen LogP contribution in [0.4, 0.5) is 0 Å². The predicted molar refractivity (Wildman–Crippen MR) is 94.6 cm³/mol. The van der Waals surface area contributed by atoms with Crippen molar-refractivity contribution in [1.82, 2.24) is 20.2 Å². The van der Waals surface area contributed by atoms with Crippen molar-refractivity contribution in [3.05, 3.63) is 66.3 Å². The summed E-state index contributed by atoms with van der Waals surface area (Å²) in [4.78, 5) is 34.2. The maximum absolute atomic E-state index is 12.2. The van der Waals surface area contributed by atoms with Crippen LogP contribution in [-0.2, 0) is 4.79 Å². The second kappa shape index (κ2) is 8.19. The Kier molecular flexibility index (Phi) is 5.51. The van der Waals surface area contributed by atoms with Crippen LogP contribution < -0.4 is 5.32 Å². The second-order valence-corrected chi connectivity index (χ2v) is 5.93. The third-order valence-corrected chi connectivity index (χ3v) is 4.17. The average molecular weight is 336 g/mol. The number of aromatic nitrogens is 2. The van der Waals surface area contributed by atoms with E-state index in [0.29, 0.717) is 18.7 Å². The maximum atomic E-state index is 12.2. The summed E-state index contributed by atoms with van der Waals surface area (Å²) in [6, 6.07) is 7.30. The van der Waals surface area contributed by atoms with Gasteiger partial charge in [-0.15, -0.1) is 0 Å². The van der Waals surface area contributed by atoms with Crippen LogP contribution in [0.15, 0.2) is 55.1 Å². The highest BCUT2D eigenvalue weighted by Gasteiger charge is 2.23. The first-order chi connectivity index (χ1) is 12.2. The number of piperidine rings is 1. The zero-order valence-corrected chi connectivity index (χ0v) is 13.8. The largest absolute Gasteiger partial charge is 0.349 e. The smallest absolute Gasteiger partial charge is 0.253 e. The molecular weight excluding hydrogens is 316 g/mol. The molecule has 0 spiro atoms. The molecule has 1 N–H and O–H groups in total. The lowest BCUT2D eigenvalue weighted by molar-refractivity contribution is -0.126. The molecule has 0 aromatic carbocycles. The summed E-state index contributed by atoms with van der Waals surface area (Å²) in [6.07, 6.45) is 11.4. The fourth-order valence-electron chi connectivity index (χ4n) is 2.76. The van der Waals surface area contributed by atoms with E-state index in [4.69, 9.17) is 0 Å². The molecule has 128 valence electrons. The normalized spacial score (nSPS) is 15.3. The molecule has 1 aliphatic heterocycles. The summed E-state index contributed by atoms with van der Waals surface area (Å²) in [6.45, 7) is 1.27. The molecule has 3 rings (SSSR count). The Morgan fingerprint density at radius 3 is 2.44 bits per heavy atom. The number of likely N-dealkylation sites (tertiary alicyclic amines) is 1. The van der Waals surface area contributed by atoms with Gasteiger partial charge in [-0.05, 0) is 42.7 Å². The molecule has 6 heteroatoms. The summed E-state index contributed by atoms with van der Waals surface area (Å²) < 4.78 is 0. The Balaban J connectivity index is 1.47. The standard InChI is InChI=1S/C19H20N4O2/c24-18(6-5-15-3-1-9-20-13-15)23-11-7-17(8-12-23)22-19(25)16-4-2-10-21-14-16/h1-6,9-10,13-14,17H,7-8,11-12H2,(H,22,25). The molecule has 1 fully saturated rings. The zero-order valence-electron chi connectivity index (χ0n) is 13.8. The maximum Gasteiger partial charge on any atom is 0.253 e. The van der Waals surface area contributed by atoms with E-state index in [1.807, 2.05) is 12.1 Å². The van der Waals surface area contributed by atoms with E-state index < -0.39 is 0 Å². The summed E-state index contributed by atoms with van der Waals surface area (Å²) >= 11 is 0. The number of amides is 2. The summed E-state index contributed by atoms with van der Waals surface area (Å²) in [5, 5.41) is 3.01. The number of carbonyl (C=O) groups excluding carboxylic acids is 2. The molecule has 0 aliphatic carbocycles. The lowest BCUT2D eigenvalue weighted by Gasteiger charge is -2.31. The highest BCUT2D eigenvalue weighted by molar-refractivity contribution is 5.94. The lowest BCUT2D eigenvalue weighted by atomic mass is 10.0. The molecule has 3 heterocycles. The minimum atomic E-state index is -0.116. The van der Waals surface area contributed by atoms with Gasteiger partial charge in [0.15, 0.2) is 0 Å². The van der Waals surface area contributed by atoms with Crippen molar-refractivity contribution < 1.29 is 9.59 Å². The third-order valence-electron chi connectivity index (χ3n) is 4.17. The van der Waals surface area contributed by atoms with E-state index in [1.54, 1.807) is 54.0 Å². The van der Waals surface area contributed by atoms with Gasteiger partial charge in [0.2, 0.25) is 5.91 Å². The van der Waals surface area contributed by atoms with Crippen molar-refractivity contribution in [2.75, 3.05) is 13.1 Å². The van der Waals surface area contributed by atoms with Gasteiger partial charge in [-0.2, -0.15) is 0 Å². The SMILES string of the molecule is O=C(NC1CCN(C(=O)C=Cc2cccnc2)CC1)c1cccnc1. The van der Waals surface area contributed by atoms with Gasteiger partial charge in [0.25, 0.3) is 5.91 Å². The number of hydrogen-bond acceptors (Lipinski definition) is 4. The van der Waals surface area contributed by atoms with Crippen molar-refractivity contribution >= 4 is 17.9 Å². The van der Waals surface area contributed by atoms with Crippen molar-refractivity contribution in [2.45, 2.75) is 18.9 Å². The van der Waals surface area contributed by atoms with Crippen molar-refractivity contribution in [3.8, 4) is 0 Å². The second-order valence-electron chi connectivity index (χ2n) is 5.93. The van der Waals surface area contributed by atoms with E-state index in [0.717, 1.165) is 18.4 Å². The minimum Gasteiger partial charge on any atom is -0.349 e. The number of carbonyl (C=O) groups is 2. The first-order valence-corrected chi connectivity index (χ1v) is 8.30. The van der Waals surface area contributed by atoms with Gasteiger partial charge in [0, 0.05) is 50.0 Å². The number of rotatable bonds is 4. The molecule has 0 radical (unpaired) electrons. The quantitative estimate of drug-likeness (QED) is 0.866. The summed E-state index contributed by atoms with van der Waals surface area (Å²) in [5.74, 6) is -0.129. The monoisotopic (exact) mass is 336 g/mol. The third kappa shape index (κ3) is 4.73. The van der Waals surface area contributed by atoms with Crippen molar-refractivity contribution in [2.24, 2.45) is 0 Å². The Bertz CT molecular complexity index is 739. The lowest BCUT2D eigenvalue weighted by Crippen LogP contribution is -2.46. The molecule has 0 saturated carbocycles. The zero-order chi connectivity index (χ0) is 17.5. The van der Waals surface area contributed by atoms with Crippen LogP contribution in [0.2, 0.25) is 0 Å². The van der Waals surface area contributed by atoms with E-state index >= 15 is 0 Å². The van der Waals surface area contributed by atoms with Gasteiger partial charge < -0.3 is 10.2 Å². The summed E-state index contributed by atoms with van der Waals surface area (Å²) in [5.41, 5.74) is 1.45. The molecule has 0 bridgehead atoms. The first-order valence-electron chi connectivity index (χ1n) is 8.30. The topological polar surface area (TPSA) is 75.2 Å². The first kappa shape index (κ1) is 16.8. The van der Waals surface area contributed by atoms with Crippen molar-refractivity contribution in [3.63, 3.8) is 0 Å². The van der Waals surface area contributed by atoms with Crippen molar-refractivity contribution in [1.29, 1.82) is 0 Å². The highest BCUT2D eigenvalue weighted by atomic mass is 16.2. The molecule has 0 unspecified atom stereocenters. The highest BCUT2D eigenvalue weighted by Crippen LogP contribution is 2.12. The Morgan fingerprint density at radius 1 is 1.08 bits per heavy atom. The van der Waals surface area contributed by atoms with Crippen LogP contribution in [0.3, 0.4) is 0 Å². The molecule has 6 nitrogen and oxygen atoms in total. The molecule has 1 aliphatic rings. The number of nitrogens with one attached hydrogen (secondary N) is 1. The van der Waals surface area contributed by atoms with E-state index in [9.17, 15) is 9.59 Å². The predicted octanol–water partition coefficient (Wildman–Crippen LogP) is 1.91. The number of nitrogens with zero attached hydrogens (tertiary/aromatic N) is 3. The van der Waals surface area contributed by atoms with Gasteiger partial charge in [0.1, 0.15) is 0 Å². The van der Waals surface area contributed by atoms with Gasteiger partial charge in [-0.25, -0.2) is 0 Å². The van der Waals surface area contributed by atoms with Crippen LogP contribution in [0.25, 0.3) is 6.08 Å². The van der Waals surface area contributed by atoms with Crippen LogP contribution >= 0.6 is 0 Å². The van der Waals surface area contributed by atoms with Crippen LogP contribution in [0.5, 0.6) is 0 Å². The number of pyridine rings is 2. The Labute approximate surface area is 146 Å². The van der Waals surface area contributed by atoms with Crippen LogP contribution in [0.1, 0.15) is 28.8 Å². The Morgan fingerprint density at radius 2 is 1.80 bits per heavy atom. The molecule has 1 saturated heterocycles. The van der Waals surface area contributed by atoms with E-state index in [1.165, 1.54) is 0 Å². The molecule has 2 aromatic rings. The molecular formula is C19H20N4O2. The minimum absolute atomic E-state index is 0.0131. The van der Waals surface area contributed by atoms with Gasteiger partial charge in [-0.3, -0.25) is 19.6 Å². The molecule has 2 aromatic heterocycles. The van der Waals surface area contributed by atoms with Gasteiger partial charge in [-0.1, -0.05) is 6.07 Å². The van der Waals surface area contributed by atoms with Gasteiger partial charge in [0.05, 0.1) is 5.56 Å². The van der Waals surface area contributed by atoms with Crippen LogP contribution in [-0.4, -0.2) is 45.8 Å². The number of hydrogen-bond donors (Lipinski definition) is 1. The fraction of sp³-hybridized carbons (Fsp3) is 0.263. The van der Waals surface area contributed by atoms with Crippen LogP contribution in [0, 0.1) is 0 Å². The molecule has 2 amide bonds. The van der Waals surface area contributed by atoms with E-state index in [-0.39, 0.29) is 17.9 Å². The summed E-state index contributed by atoms with van der Waals surface area (Å²) in [7, 11) is 0.